The van der Waals surface area contributed by atoms with Gasteiger partial charge in [0.25, 0.3) is 0 Å². The summed E-state index contributed by atoms with van der Waals surface area (Å²) in [5.74, 6) is 0. The molecule has 0 saturated carbocycles. The number of phosphoric ester groups is 2. The molecule has 13 nitrogen and oxygen atoms in total. The molecular weight excluding hydrogens is 371 g/mol. The third-order valence-electron chi connectivity index (χ3n) is 2.30. The third kappa shape index (κ3) is 6.81. The largest absolute Gasteiger partial charge is 0.490 e. The standard InChI is InChI=1S/C6H16NO12P3/c1-15-20(9,10)18-22(13,14)19-21(11,12)16-3-5-4(8)2-6(7)17-5/h4-6,8H,2-3,7H2,1H3,(H,9,10)(H,11,12)(H,13,14)/t4-,5-,6-/m1/s1. The van der Waals surface area contributed by atoms with Crippen LogP contribution in [0.1, 0.15) is 6.42 Å². The number of phosphoric acid groups is 3. The van der Waals surface area contributed by atoms with E-state index in [1.807, 2.05) is 0 Å². The van der Waals surface area contributed by atoms with Crippen molar-refractivity contribution >= 4 is 23.5 Å². The van der Waals surface area contributed by atoms with Crippen LogP contribution < -0.4 is 5.73 Å². The monoisotopic (exact) mass is 387 g/mol. The van der Waals surface area contributed by atoms with Crippen LogP contribution in [-0.4, -0.2) is 51.9 Å². The second-order valence-electron chi connectivity index (χ2n) is 4.06. The molecule has 1 aliphatic heterocycles. The molecule has 1 fully saturated rings. The summed E-state index contributed by atoms with van der Waals surface area (Å²) < 4.78 is 54.3. The number of ether oxygens (including phenoxy) is 1. The lowest BCUT2D eigenvalue weighted by atomic mass is 10.2. The van der Waals surface area contributed by atoms with E-state index in [0.29, 0.717) is 7.11 Å². The zero-order chi connectivity index (χ0) is 17.2. The van der Waals surface area contributed by atoms with Crippen LogP contribution in [-0.2, 0) is 36.1 Å². The van der Waals surface area contributed by atoms with Crippen molar-refractivity contribution in [3.63, 3.8) is 0 Å². The van der Waals surface area contributed by atoms with Gasteiger partial charge in [-0.05, 0) is 0 Å². The van der Waals surface area contributed by atoms with Crippen LogP contribution in [0.5, 0.6) is 0 Å². The molecule has 6 N–H and O–H groups in total. The van der Waals surface area contributed by atoms with Gasteiger partial charge in [-0.2, -0.15) is 8.62 Å². The second-order valence-corrected chi connectivity index (χ2v) is 8.80. The van der Waals surface area contributed by atoms with Gasteiger partial charge in [-0.1, -0.05) is 0 Å². The van der Waals surface area contributed by atoms with Crippen LogP contribution >= 0.6 is 23.5 Å². The minimum Gasteiger partial charge on any atom is -0.390 e. The summed E-state index contributed by atoms with van der Waals surface area (Å²) in [7, 11) is -14.9. The van der Waals surface area contributed by atoms with E-state index in [0.717, 1.165) is 0 Å². The van der Waals surface area contributed by atoms with Crippen molar-refractivity contribution in [1.29, 1.82) is 0 Å². The first-order valence-electron chi connectivity index (χ1n) is 5.56. The molecule has 1 heterocycles. The maximum Gasteiger partial charge on any atom is 0.490 e. The first kappa shape index (κ1) is 20.3. The van der Waals surface area contributed by atoms with E-state index in [4.69, 9.17) is 20.3 Å². The number of rotatable bonds is 8. The Morgan fingerprint density at radius 1 is 1.14 bits per heavy atom. The van der Waals surface area contributed by atoms with Crippen LogP contribution in [0, 0.1) is 0 Å². The highest BCUT2D eigenvalue weighted by Gasteiger charge is 2.42. The smallest absolute Gasteiger partial charge is 0.390 e. The van der Waals surface area contributed by atoms with Crippen molar-refractivity contribution in [2.75, 3.05) is 13.7 Å². The quantitative estimate of drug-likeness (QED) is 0.331. The van der Waals surface area contributed by atoms with Gasteiger partial charge in [0.1, 0.15) is 12.3 Å². The lowest BCUT2D eigenvalue weighted by Gasteiger charge is -2.19. The van der Waals surface area contributed by atoms with Crippen molar-refractivity contribution in [3.05, 3.63) is 0 Å². The fourth-order valence-electron chi connectivity index (χ4n) is 1.41. The maximum atomic E-state index is 11.5. The molecule has 0 bridgehead atoms. The fourth-order valence-corrected chi connectivity index (χ4v) is 4.68. The predicted octanol–water partition coefficient (Wildman–Crippen LogP) is -0.582. The summed E-state index contributed by atoms with van der Waals surface area (Å²) in [6.07, 6.45) is -2.86. The Hall–Kier alpha value is 0.290. The number of aliphatic hydroxyl groups is 1. The van der Waals surface area contributed by atoms with Crippen LogP contribution in [0.2, 0.25) is 0 Å². The van der Waals surface area contributed by atoms with E-state index in [1.54, 1.807) is 0 Å². The first-order valence-corrected chi connectivity index (χ1v) is 10.0. The van der Waals surface area contributed by atoms with E-state index in [-0.39, 0.29) is 6.42 Å². The molecule has 0 aromatic carbocycles. The Bertz CT molecular complexity index is 525. The Balaban J connectivity index is 2.58. The van der Waals surface area contributed by atoms with Gasteiger partial charge in [-0.25, -0.2) is 13.7 Å². The average Bonchev–Trinajstić information content (AvgIpc) is 2.62. The normalized spacial score (nSPS) is 33.8. The Morgan fingerprint density at radius 2 is 1.68 bits per heavy atom. The van der Waals surface area contributed by atoms with Gasteiger partial charge in [0, 0.05) is 13.5 Å². The van der Waals surface area contributed by atoms with E-state index in [2.05, 4.69) is 17.7 Å². The fraction of sp³-hybridized carbons (Fsp3) is 1.00. The Morgan fingerprint density at radius 3 is 2.14 bits per heavy atom. The minimum atomic E-state index is -5.44. The van der Waals surface area contributed by atoms with Crippen molar-refractivity contribution in [3.8, 4) is 0 Å². The average molecular weight is 387 g/mol. The van der Waals surface area contributed by atoms with E-state index < -0.39 is 48.5 Å². The van der Waals surface area contributed by atoms with Crippen molar-refractivity contribution < 1.29 is 55.9 Å². The highest BCUT2D eigenvalue weighted by molar-refractivity contribution is 7.66. The van der Waals surface area contributed by atoms with Gasteiger partial charge in [0.2, 0.25) is 0 Å². The van der Waals surface area contributed by atoms with Gasteiger partial charge in [-0.3, -0.25) is 9.05 Å². The number of nitrogens with two attached hydrogens (primary N) is 1. The van der Waals surface area contributed by atoms with E-state index >= 15 is 0 Å². The molecule has 0 amide bonds. The molecule has 3 unspecified atom stereocenters. The van der Waals surface area contributed by atoms with Crippen molar-refractivity contribution in [1.82, 2.24) is 0 Å². The molecule has 0 aromatic rings. The minimum absolute atomic E-state index is 0.0632. The molecule has 16 heteroatoms. The van der Waals surface area contributed by atoms with Crippen molar-refractivity contribution in [2.24, 2.45) is 5.73 Å². The highest BCUT2D eigenvalue weighted by Crippen LogP contribution is 2.67. The van der Waals surface area contributed by atoms with E-state index in [9.17, 15) is 23.7 Å². The van der Waals surface area contributed by atoms with Crippen LogP contribution in [0.4, 0.5) is 0 Å². The third-order valence-corrected chi connectivity index (χ3v) is 6.54. The Labute approximate surface area is 124 Å². The van der Waals surface area contributed by atoms with Gasteiger partial charge < -0.3 is 30.3 Å². The Kier molecular flexibility index (Phi) is 6.89. The second kappa shape index (κ2) is 7.45. The van der Waals surface area contributed by atoms with Crippen LogP contribution in [0.25, 0.3) is 0 Å². The summed E-state index contributed by atoms with van der Waals surface area (Å²) in [6.45, 7) is -0.691. The molecule has 1 aliphatic rings. The zero-order valence-electron chi connectivity index (χ0n) is 11.1. The predicted molar refractivity (Wildman–Crippen MR) is 68.1 cm³/mol. The molecule has 1 rings (SSSR count). The molecule has 0 radical (unpaired) electrons. The first-order chi connectivity index (χ1) is 9.86. The van der Waals surface area contributed by atoms with Gasteiger partial charge in [-0.15, -0.1) is 0 Å². The summed E-state index contributed by atoms with van der Waals surface area (Å²) in [5, 5.41) is 9.46. The molecule has 22 heavy (non-hydrogen) atoms. The number of aliphatic hydroxyl groups excluding tert-OH is 1. The summed E-state index contributed by atoms with van der Waals surface area (Å²) >= 11 is 0. The van der Waals surface area contributed by atoms with Gasteiger partial charge >= 0.3 is 23.5 Å². The van der Waals surface area contributed by atoms with Crippen LogP contribution in [0.15, 0.2) is 0 Å². The maximum absolute atomic E-state index is 11.5. The highest BCUT2D eigenvalue weighted by atomic mass is 31.3. The summed E-state index contributed by atoms with van der Waals surface area (Å²) in [5.41, 5.74) is 5.36. The van der Waals surface area contributed by atoms with E-state index in [1.165, 1.54) is 0 Å². The molecule has 0 aromatic heterocycles. The van der Waals surface area contributed by atoms with Gasteiger partial charge in [0.15, 0.2) is 0 Å². The lowest BCUT2D eigenvalue weighted by molar-refractivity contribution is -0.0196. The number of hydrogen-bond acceptors (Lipinski definition) is 10. The molecular formula is C6H16NO12P3. The topological polar surface area (TPSA) is 204 Å². The number of hydrogen-bond donors (Lipinski definition) is 5. The summed E-state index contributed by atoms with van der Waals surface area (Å²) in [6, 6.07) is 0. The molecule has 6 atom stereocenters. The zero-order valence-corrected chi connectivity index (χ0v) is 13.8. The SMILES string of the molecule is COP(=O)(O)OP(=O)(O)OP(=O)(O)OC[C@H]1O[C@@H](N)C[C@H]1O. The molecule has 0 spiro atoms. The van der Waals surface area contributed by atoms with Crippen LogP contribution in [0.3, 0.4) is 0 Å². The lowest BCUT2D eigenvalue weighted by Crippen LogP contribution is -2.26. The summed E-state index contributed by atoms with van der Waals surface area (Å²) in [4.78, 5) is 27.2. The molecule has 0 aliphatic carbocycles. The molecule has 1 saturated heterocycles. The van der Waals surface area contributed by atoms with Gasteiger partial charge in [0.05, 0.1) is 12.7 Å². The molecule has 132 valence electrons. The van der Waals surface area contributed by atoms with Crippen molar-refractivity contribution in [2.45, 2.75) is 24.9 Å².